The van der Waals surface area contributed by atoms with E-state index >= 15 is 0 Å². The molecule has 108 valence electrons. The number of nitrogens with one attached hydrogen (secondary N) is 2. The van der Waals surface area contributed by atoms with E-state index in [1.165, 1.54) is 38.5 Å². The topological polar surface area (TPSA) is 78.0 Å². The number of anilines is 1. The highest BCUT2D eigenvalue weighted by Crippen LogP contribution is 2.56. The van der Waals surface area contributed by atoms with Crippen LogP contribution < -0.4 is 5.32 Å². The maximum Gasteiger partial charge on any atom is 0.341 e. The van der Waals surface area contributed by atoms with Gasteiger partial charge in [0.2, 0.25) is 0 Å². The van der Waals surface area contributed by atoms with Crippen molar-refractivity contribution in [3.8, 4) is 0 Å². The Morgan fingerprint density at radius 3 is 2.30 bits per heavy atom. The zero-order valence-electron chi connectivity index (χ0n) is 11.8. The van der Waals surface area contributed by atoms with Crippen LogP contribution >= 0.6 is 0 Å². The van der Waals surface area contributed by atoms with E-state index in [1.54, 1.807) is 6.92 Å². The molecule has 1 aromatic heterocycles. The summed E-state index contributed by atoms with van der Waals surface area (Å²) in [6.45, 7) is 1.77. The molecule has 0 aromatic carbocycles. The molecule has 1 aromatic rings. The molecule has 0 amide bonds. The van der Waals surface area contributed by atoms with Crippen LogP contribution in [-0.2, 0) is 0 Å². The molecule has 5 heteroatoms. The molecule has 0 spiro atoms. The molecule has 0 radical (unpaired) electrons. The molecule has 0 atom stereocenters. The SMILES string of the molecule is Cc1[nH]nc(NC23CC4CC(CC(C4)C2)C3)c1C(=O)O. The third-order valence-corrected chi connectivity index (χ3v) is 5.58. The highest BCUT2D eigenvalue weighted by Gasteiger charge is 2.51. The monoisotopic (exact) mass is 275 g/mol. The van der Waals surface area contributed by atoms with Gasteiger partial charge in [-0.25, -0.2) is 4.79 Å². The molecule has 0 unspecified atom stereocenters. The Morgan fingerprint density at radius 2 is 1.80 bits per heavy atom. The minimum Gasteiger partial charge on any atom is -0.477 e. The standard InChI is InChI=1S/C15H21N3O2/c1-8-12(14(19)20)13(18-17-8)16-15-5-9-2-10(6-15)4-11(3-9)7-15/h9-11H,2-7H2,1H3,(H,19,20)(H2,16,17,18). The number of hydrogen-bond donors (Lipinski definition) is 3. The summed E-state index contributed by atoms with van der Waals surface area (Å²) in [6.07, 6.45) is 7.70. The van der Waals surface area contributed by atoms with Gasteiger partial charge >= 0.3 is 5.97 Å². The molecule has 1 heterocycles. The van der Waals surface area contributed by atoms with Crippen LogP contribution in [0.25, 0.3) is 0 Å². The highest BCUT2D eigenvalue weighted by molar-refractivity contribution is 5.94. The van der Waals surface area contributed by atoms with Crippen LogP contribution in [-0.4, -0.2) is 26.8 Å². The van der Waals surface area contributed by atoms with Crippen LogP contribution in [0.5, 0.6) is 0 Å². The Kier molecular flexibility index (Phi) is 2.44. The number of aryl methyl sites for hydroxylation is 1. The molecule has 5 rings (SSSR count). The van der Waals surface area contributed by atoms with Crippen molar-refractivity contribution in [2.45, 2.75) is 51.0 Å². The van der Waals surface area contributed by atoms with E-state index in [-0.39, 0.29) is 5.54 Å². The molecular weight excluding hydrogens is 254 g/mol. The van der Waals surface area contributed by atoms with Crippen molar-refractivity contribution in [1.29, 1.82) is 0 Å². The Morgan fingerprint density at radius 1 is 1.25 bits per heavy atom. The normalized spacial score (nSPS) is 38.1. The number of rotatable bonds is 3. The first-order valence-corrected chi connectivity index (χ1v) is 7.61. The first-order chi connectivity index (χ1) is 9.55. The zero-order chi connectivity index (χ0) is 13.9. The summed E-state index contributed by atoms with van der Waals surface area (Å²) >= 11 is 0. The molecule has 4 aliphatic carbocycles. The van der Waals surface area contributed by atoms with Crippen molar-refractivity contribution in [3.63, 3.8) is 0 Å². The number of nitrogens with zero attached hydrogens (tertiary/aromatic N) is 1. The lowest BCUT2D eigenvalue weighted by atomic mass is 9.53. The first-order valence-electron chi connectivity index (χ1n) is 7.61. The van der Waals surface area contributed by atoms with Crippen LogP contribution in [0.1, 0.15) is 54.6 Å². The largest absolute Gasteiger partial charge is 0.477 e. The summed E-state index contributed by atoms with van der Waals surface area (Å²) in [4.78, 5) is 11.4. The van der Waals surface area contributed by atoms with Gasteiger partial charge in [-0.1, -0.05) is 0 Å². The number of carbonyl (C=O) groups is 1. The Bertz CT molecular complexity index is 528. The van der Waals surface area contributed by atoms with Crippen molar-refractivity contribution in [3.05, 3.63) is 11.3 Å². The number of carboxylic acids is 1. The van der Waals surface area contributed by atoms with Gasteiger partial charge in [-0.3, -0.25) is 5.10 Å². The van der Waals surface area contributed by atoms with E-state index in [2.05, 4.69) is 15.5 Å². The van der Waals surface area contributed by atoms with Gasteiger partial charge in [-0.2, -0.15) is 5.10 Å². The van der Waals surface area contributed by atoms with E-state index in [0.29, 0.717) is 17.1 Å². The smallest absolute Gasteiger partial charge is 0.341 e. The lowest BCUT2D eigenvalue weighted by Crippen LogP contribution is -2.55. The summed E-state index contributed by atoms with van der Waals surface area (Å²) in [5.74, 6) is 2.15. The minimum absolute atomic E-state index is 0.0978. The Hall–Kier alpha value is -1.52. The molecule has 4 saturated carbocycles. The van der Waals surface area contributed by atoms with Crippen LogP contribution in [0.15, 0.2) is 0 Å². The number of aromatic carboxylic acids is 1. The second-order valence-corrected chi connectivity index (χ2v) is 7.20. The van der Waals surface area contributed by atoms with Gasteiger partial charge in [0.25, 0.3) is 0 Å². The first kappa shape index (κ1) is 12.2. The number of aromatic nitrogens is 2. The summed E-state index contributed by atoms with van der Waals surface area (Å²) < 4.78 is 0. The fraction of sp³-hybridized carbons (Fsp3) is 0.733. The molecular formula is C15H21N3O2. The highest BCUT2D eigenvalue weighted by atomic mass is 16.4. The van der Waals surface area contributed by atoms with Crippen LogP contribution in [0.4, 0.5) is 5.82 Å². The van der Waals surface area contributed by atoms with Gasteiger partial charge in [0, 0.05) is 11.2 Å². The van der Waals surface area contributed by atoms with Crippen LogP contribution in [0.3, 0.4) is 0 Å². The second kappa shape index (κ2) is 3.99. The van der Waals surface area contributed by atoms with E-state index in [0.717, 1.165) is 17.8 Å². The van der Waals surface area contributed by atoms with E-state index < -0.39 is 5.97 Å². The molecule has 5 nitrogen and oxygen atoms in total. The quantitative estimate of drug-likeness (QED) is 0.792. The van der Waals surface area contributed by atoms with Crippen molar-refractivity contribution >= 4 is 11.8 Å². The predicted molar refractivity (Wildman–Crippen MR) is 74.8 cm³/mol. The fourth-order valence-corrected chi connectivity index (χ4v) is 5.30. The molecule has 0 saturated heterocycles. The van der Waals surface area contributed by atoms with E-state index in [9.17, 15) is 9.90 Å². The molecule has 4 fully saturated rings. The lowest BCUT2D eigenvalue weighted by Gasteiger charge is -2.57. The molecule has 3 N–H and O–H groups in total. The summed E-state index contributed by atoms with van der Waals surface area (Å²) in [5, 5.41) is 19.9. The van der Waals surface area contributed by atoms with E-state index in [1.807, 2.05) is 0 Å². The molecule has 4 aliphatic rings. The number of aromatic amines is 1. The maximum atomic E-state index is 11.4. The Balaban J connectivity index is 1.64. The molecule has 20 heavy (non-hydrogen) atoms. The number of hydrogen-bond acceptors (Lipinski definition) is 3. The zero-order valence-corrected chi connectivity index (χ0v) is 11.8. The summed E-state index contributed by atoms with van der Waals surface area (Å²) in [6, 6.07) is 0. The van der Waals surface area contributed by atoms with Crippen molar-refractivity contribution in [1.82, 2.24) is 10.2 Å². The number of H-pyrrole nitrogens is 1. The van der Waals surface area contributed by atoms with Gasteiger partial charge in [-0.05, 0) is 63.2 Å². The molecule has 4 bridgehead atoms. The van der Waals surface area contributed by atoms with Crippen molar-refractivity contribution in [2.75, 3.05) is 5.32 Å². The Labute approximate surface area is 118 Å². The average molecular weight is 275 g/mol. The minimum atomic E-state index is -0.900. The van der Waals surface area contributed by atoms with Gasteiger partial charge in [0.05, 0.1) is 0 Å². The maximum absolute atomic E-state index is 11.4. The average Bonchev–Trinajstić information content (AvgIpc) is 2.67. The van der Waals surface area contributed by atoms with Gasteiger partial charge in [0.15, 0.2) is 5.82 Å². The third-order valence-electron chi connectivity index (χ3n) is 5.58. The lowest BCUT2D eigenvalue weighted by molar-refractivity contribution is 0.0105. The molecule has 0 aliphatic heterocycles. The van der Waals surface area contributed by atoms with Crippen molar-refractivity contribution < 1.29 is 9.90 Å². The van der Waals surface area contributed by atoms with Crippen LogP contribution in [0, 0.1) is 24.7 Å². The fourth-order valence-electron chi connectivity index (χ4n) is 5.30. The van der Waals surface area contributed by atoms with E-state index in [4.69, 9.17) is 0 Å². The number of carboxylic acid groups (broad SMARTS) is 1. The summed E-state index contributed by atoms with van der Waals surface area (Å²) in [7, 11) is 0. The predicted octanol–water partition coefficient (Wildman–Crippen LogP) is 2.80. The van der Waals surface area contributed by atoms with Crippen molar-refractivity contribution in [2.24, 2.45) is 17.8 Å². The van der Waals surface area contributed by atoms with Gasteiger partial charge < -0.3 is 10.4 Å². The van der Waals surface area contributed by atoms with Gasteiger partial charge in [-0.15, -0.1) is 0 Å². The third kappa shape index (κ3) is 1.75. The summed E-state index contributed by atoms with van der Waals surface area (Å²) in [5.41, 5.74) is 1.03. The van der Waals surface area contributed by atoms with Crippen LogP contribution in [0.2, 0.25) is 0 Å². The second-order valence-electron chi connectivity index (χ2n) is 7.20. The van der Waals surface area contributed by atoms with Gasteiger partial charge in [0.1, 0.15) is 5.56 Å².